The molecular formula is C28H37N3O2. The Hall–Kier alpha value is -2.40. The van der Waals surface area contributed by atoms with Gasteiger partial charge in [0.15, 0.2) is 0 Å². The first-order valence-electron chi connectivity index (χ1n) is 12.4. The lowest BCUT2D eigenvalue weighted by Crippen LogP contribution is -2.48. The lowest BCUT2D eigenvalue weighted by molar-refractivity contribution is 0.0279. The second-order valence-corrected chi connectivity index (χ2v) is 11.3. The number of carbonyl (C=O) groups excluding carboxylic acids is 1. The van der Waals surface area contributed by atoms with Crippen molar-refractivity contribution in [2.24, 2.45) is 5.41 Å². The summed E-state index contributed by atoms with van der Waals surface area (Å²) >= 11 is 0. The van der Waals surface area contributed by atoms with Crippen molar-refractivity contribution >= 4 is 5.91 Å². The minimum absolute atomic E-state index is 0.00592. The van der Waals surface area contributed by atoms with E-state index in [9.17, 15) is 4.79 Å². The molecular weight excluding hydrogens is 410 g/mol. The minimum Gasteiger partial charge on any atom is -0.486 e. The molecule has 0 N–H and O–H groups in total. The van der Waals surface area contributed by atoms with E-state index in [1.165, 1.54) is 24.0 Å². The number of likely N-dealkylation sites (tertiary alicyclic amines) is 2. The van der Waals surface area contributed by atoms with Gasteiger partial charge in [-0.3, -0.25) is 14.7 Å². The van der Waals surface area contributed by atoms with Crippen molar-refractivity contribution < 1.29 is 9.53 Å². The van der Waals surface area contributed by atoms with Gasteiger partial charge in [0.25, 0.3) is 5.91 Å². The van der Waals surface area contributed by atoms with Gasteiger partial charge in [-0.2, -0.15) is 0 Å². The zero-order valence-electron chi connectivity index (χ0n) is 20.6. The summed E-state index contributed by atoms with van der Waals surface area (Å²) in [4.78, 5) is 21.4. The second-order valence-electron chi connectivity index (χ2n) is 11.3. The van der Waals surface area contributed by atoms with Crippen molar-refractivity contribution in [1.29, 1.82) is 0 Å². The number of para-hydroxylation sites is 1. The quantitative estimate of drug-likeness (QED) is 0.661. The fourth-order valence-electron chi connectivity index (χ4n) is 5.82. The molecule has 4 heterocycles. The maximum atomic E-state index is 12.8. The van der Waals surface area contributed by atoms with Gasteiger partial charge in [0.2, 0.25) is 0 Å². The predicted octanol–water partition coefficient (Wildman–Crippen LogP) is 5.05. The molecule has 5 heteroatoms. The molecule has 0 atom stereocenters. The van der Waals surface area contributed by atoms with Gasteiger partial charge in [0, 0.05) is 54.1 Å². The Morgan fingerprint density at radius 3 is 2.24 bits per heavy atom. The normalized spacial score (nSPS) is 23.2. The van der Waals surface area contributed by atoms with Crippen LogP contribution in [0, 0.1) is 5.41 Å². The van der Waals surface area contributed by atoms with E-state index in [4.69, 9.17) is 4.74 Å². The number of aromatic nitrogens is 1. The molecule has 176 valence electrons. The number of carbonyl (C=O) groups is 1. The molecule has 1 aromatic carbocycles. The van der Waals surface area contributed by atoms with Crippen molar-refractivity contribution in [2.45, 2.75) is 70.9 Å². The van der Waals surface area contributed by atoms with E-state index in [2.05, 4.69) is 55.8 Å². The van der Waals surface area contributed by atoms with Gasteiger partial charge < -0.3 is 9.64 Å². The summed E-state index contributed by atoms with van der Waals surface area (Å²) in [7, 11) is 0. The van der Waals surface area contributed by atoms with Crippen molar-refractivity contribution in [3.8, 4) is 5.75 Å². The van der Waals surface area contributed by atoms with Gasteiger partial charge >= 0.3 is 0 Å². The monoisotopic (exact) mass is 447 g/mol. The summed E-state index contributed by atoms with van der Waals surface area (Å²) in [5, 5.41) is 0. The van der Waals surface area contributed by atoms with Crippen molar-refractivity contribution in [3.63, 3.8) is 0 Å². The highest BCUT2D eigenvalue weighted by atomic mass is 16.5. The number of fused-ring (bicyclic) bond motifs is 1. The molecule has 1 aromatic heterocycles. The number of benzene rings is 1. The Morgan fingerprint density at radius 2 is 1.58 bits per heavy atom. The number of hydrogen-bond donors (Lipinski definition) is 0. The molecule has 0 radical (unpaired) electrons. The smallest absolute Gasteiger partial charge is 0.253 e. The van der Waals surface area contributed by atoms with Crippen LogP contribution >= 0.6 is 0 Å². The molecule has 3 aliphatic heterocycles. The van der Waals surface area contributed by atoms with Crippen LogP contribution in [0.1, 0.15) is 74.9 Å². The summed E-state index contributed by atoms with van der Waals surface area (Å²) < 4.78 is 6.49. The first-order valence-corrected chi connectivity index (χ1v) is 12.4. The zero-order chi connectivity index (χ0) is 23.3. The SMILES string of the molecule is CC1(C)Oc2c(CN3CCC4(CC3)CCN(C(=O)c3ccncc3)CC4)cccc2C1(C)C. The standard InChI is InChI=1S/C28H37N3O2/c1-26(2)23-7-5-6-22(24(23)33-27(26,3)4)20-30-16-10-28(11-17-30)12-18-31(19-13-28)25(32)21-8-14-29-15-9-21/h5-9,14-15H,10-13,16-20H2,1-4H3. The van der Waals surface area contributed by atoms with Gasteiger partial charge in [-0.25, -0.2) is 0 Å². The number of pyridine rings is 1. The lowest BCUT2D eigenvalue weighted by atomic mass is 9.71. The van der Waals surface area contributed by atoms with E-state index in [0.717, 1.165) is 56.9 Å². The molecule has 33 heavy (non-hydrogen) atoms. The van der Waals surface area contributed by atoms with E-state index < -0.39 is 0 Å². The third-order valence-corrected chi connectivity index (χ3v) is 8.98. The van der Waals surface area contributed by atoms with Gasteiger partial charge in [0.1, 0.15) is 11.4 Å². The Balaban J connectivity index is 1.19. The van der Waals surface area contributed by atoms with Crippen LogP contribution in [0.5, 0.6) is 5.75 Å². The average Bonchev–Trinajstić information content (AvgIpc) is 3.01. The Kier molecular flexibility index (Phi) is 5.51. The fraction of sp³-hybridized carbons (Fsp3) is 0.571. The molecule has 0 bridgehead atoms. The van der Waals surface area contributed by atoms with Crippen LogP contribution in [0.2, 0.25) is 0 Å². The van der Waals surface area contributed by atoms with Crippen LogP contribution in [0.3, 0.4) is 0 Å². The van der Waals surface area contributed by atoms with Crippen LogP contribution in [0.4, 0.5) is 0 Å². The van der Waals surface area contributed by atoms with Crippen LogP contribution in [-0.4, -0.2) is 52.5 Å². The molecule has 2 saturated heterocycles. The molecule has 3 aliphatic rings. The number of rotatable bonds is 3. The molecule has 2 fully saturated rings. The molecule has 2 aromatic rings. The molecule has 0 aliphatic carbocycles. The number of amides is 1. The first-order chi connectivity index (χ1) is 15.7. The van der Waals surface area contributed by atoms with Gasteiger partial charge in [-0.15, -0.1) is 0 Å². The molecule has 1 spiro atoms. The largest absolute Gasteiger partial charge is 0.486 e. The number of hydrogen-bond acceptors (Lipinski definition) is 4. The average molecular weight is 448 g/mol. The van der Waals surface area contributed by atoms with E-state index in [1.54, 1.807) is 12.4 Å². The van der Waals surface area contributed by atoms with Crippen molar-refractivity contribution in [1.82, 2.24) is 14.8 Å². The number of piperidine rings is 2. The van der Waals surface area contributed by atoms with Crippen LogP contribution in [-0.2, 0) is 12.0 Å². The molecule has 5 rings (SSSR count). The van der Waals surface area contributed by atoms with Crippen LogP contribution in [0.25, 0.3) is 0 Å². The van der Waals surface area contributed by atoms with Gasteiger partial charge in [0.05, 0.1) is 0 Å². The van der Waals surface area contributed by atoms with E-state index in [0.29, 0.717) is 5.41 Å². The number of nitrogens with zero attached hydrogens (tertiary/aromatic N) is 3. The van der Waals surface area contributed by atoms with Gasteiger partial charge in [-0.05, 0) is 70.2 Å². The first kappa shape index (κ1) is 22.4. The predicted molar refractivity (Wildman–Crippen MR) is 130 cm³/mol. The summed E-state index contributed by atoms with van der Waals surface area (Å²) in [5.41, 5.74) is 3.61. The molecule has 1 amide bonds. The topological polar surface area (TPSA) is 45.7 Å². The highest BCUT2D eigenvalue weighted by molar-refractivity contribution is 5.94. The lowest BCUT2D eigenvalue weighted by Gasteiger charge is -2.47. The fourth-order valence-corrected chi connectivity index (χ4v) is 5.82. The van der Waals surface area contributed by atoms with Crippen LogP contribution < -0.4 is 4.74 Å². The maximum Gasteiger partial charge on any atom is 0.253 e. The van der Waals surface area contributed by atoms with Crippen molar-refractivity contribution in [2.75, 3.05) is 26.2 Å². The maximum absolute atomic E-state index is 12.8. The van der Waals surface area contributed by atoms with Gasteiger partial charge in [-0.1, -0.05) is 32.0 Å². The highest BCUT2D eigenvalue weighted by Gasteiger charge is 2.48. The summed E-state index contributed by atoms with van der Waals surface area (Å²) in [6.07, 6.45) is 8.06. The molecule has 5 nitrogen and oxygen atoms in total. The number of ether oxygens (including phenoxy) is 1. The van der Waals surface area contributed by atoms with Crippen LogP contribution in [0.15, 0.2) is 42.7 Å². The Morgan fingerprint density at radius 1 is 0.939 bits per heavy atom. The van der Waals surface area contributed by atoms with E-state index >= 15 is 0 Å². The van der Waals surface area contributed by atoms with Crippen molar-refractivity contribution in [3.05, 3.63) is 59.4 Å². The Labute approximate surface area is 198 Å². The third-order valence-electron chi connectivity index (χ3n) is 8.98. The Bertz CT molecular complexity index is 1010. The highest BCUT2D eigenvalue weighted by Crippen LogP contribution is 2.50. The summed E-state index contributed by atoms with van der Waals surface area (Å²) in [6, 6.07) is 10.3. The molecule has 0 unspecified atom stereocenters. The molecule has 0 saturated carbocycles. The second kappa shape index (κ2) is 8.12. The summed E-state index contributed by atoms with van der Waals surface area (Å²) in [5.74, 6) is 1.25. The summed E-state index contributed by atoms with van der Waals surface area (Å²) in [6.45, 7) is 13.9. The van der Waals surface area contributed by atoms with E-state index in [-0.39, 0.29) is 16.9 Å². The minimum atomic E-state index is -0.195. The van der Waals surface area contributed by atoms with E-state index in [1.807, 2.05) is 17.0 Å². The third kappa shape index (κ3) is 3.95. The zero-order valence-corrected chi connectivity index (χ0v) is 20.6.